The van der Waals surface area contributed by atoms with Crippen LogP contribution in [0.5, 0.6) is 0 Å². The lowest BCUT2D eigenvalue weighted by atomic mass is 10.1. The SMILES string of the molecule is CC/C=C\C/C=C\C/C=C\C/C=C\C/C=C\C/C=C\C/C=C\CCCCCCCC(=O)OCC(COC(=O)CCCCCCC)OC(=O)CCCCCCC/C=C\C/C=C\CCCCC. The maximum Gasteiger partial charge on any atom is 0.306 e. The minimum absolute atomic E-state index is 0.0924. The highest BCUT2D eigenvalue weighted by Gasteiger charge is 2.19. The summed E-state index contributed by atoms with van der Waals surface area (Å²) in [6.45, 7) is 6.37. The van der Waals surface area contributed by atoms with Gasteiger partial charge in [0, 0.05) is 19.3 Å². The number of allylic oxidation sites excluding steroid dienone is 18. The first-order valence-corrected chi connectivity index (χ1v) is 26.4. The zero-order valence-electron chi connectivity index (χ0n) is 42.0. The summed E-state index contributed by atoms with van der Waals surface area (Å²) in [6, 6.07) is 0. The third-order valence-electron chi connectivity index (χ3n) is 10.8. The maximum atomic E-state index is 12.7. The van der Waals surface area contributed by atoms with Gasteiger partial charge in [-0.1, -0.05) is 207 Å². The van der Waals surface area contributed by atoms with Crippen LogP contribution in [0.2, 0.25) is 0 Å². The highest BCUT2D eigenvalue weighted by Crippen LogP contribution is 2.13. The van der Waals surface area contributed by atoms with E-state index in [0.717, 1.165) is 161 Å². The van der Waals surface area contributed by atoms with Gasteiger partial charge < -0.3 is 14.2 Å². The van der Waals surface area contributed by atoms with Gasteiger partial charge in [-0.25, -0.2) is 0 Å². The normalized spacial score (nSPS) is 13.0. The molecule has 0 aliphatic heterocycles. The van der Waals surface area contributed by atoms with Gasteiger partial charge in [-0.3, -0.25) is 14.4 Å². The highest BCUT2D eigenvalue weighted by atomic mass is 16.6. The van der Waals surface area contributed by atoms with Gasteiger partial charge in [0.25, 0.3) is 0 Å². The predicted molar refractivity (Wildman–Crippen MR) is 279 cm³/mol. The quantitative estimate of drug-likeness (QED) is 0.0262. The molecule has 6 heteroatoms. The minimum atomic E-state index is -0.791. The van der Waals surface area contributed by atoms with Gasteiger partial charge in [0.15, 0.2) is 6.10 Å². The molecule has 0 saturated heterocycles. The zero-order valence-corrected chi connectivity index (χ0v) is 42.0. The summed E-state index contributed by atoms with van der Waals surface area (Å²) in [5.41, 5.74) is 0. The van der Waals surface area contributed by atoms with Crippen molar-refractivity contribution < 1.29 is 28.6 Å². The Morgan fingerprint density at radius 1 is 0.323 bits per heavy atom. The van der Waals surface area contributed by atoms with Gasteiger partial charge in [0.1, 0.15) is 13.2 Å². The fourth-order valence-corrected chi connectivity index (χ4v) is 6.80. The number of hydrogen-bond donors (Lipinski definition) is 0. The number of unbranched alkanes of at least 4 members (excludes halogenated alkanes) is 17. The second-order valence-corrected chi connectivity index (χ2v) is 17.1. The van der Waals surface area contributed by atoms with Crippen LogP contribution >= 0.6 is 0 Å². The van der Waals surface area contributed by atoms with Gasteiger partial charge in [-0.2, -0.15) is 0 Å². The van der Waals surface area contributed by atoms with Crippen LogP contribution < -0.4 is 0 Å². The third kappa shape index (κ3) is 50.9. The summed E-state index contributed by atoms with van der Waals surface area (Å²) < 4.78 is 16.6. The molecule has 1 atom stereocenters. The Morgan fingerprint density at radius 3 is 0.969 bits per heavy atom. The Morgan fingerprint density at radius 2 is 0.600 bits per heavy atom. The molecule has 0 aliphatic carbocycles. The molecule has 65 heavy (non-hydrogen) atoms. The molecule has 0 aliphatic rings. The molecule has 0 rings (SSSR count). The second-order valence-electron chi connectivity index (χ2n) is 17.1. The molecule has 1 unspecified atom stereocenters. The zero-order chi connectivity index (χ0) is 47.2. The summed E-state index contributed by atoms with van der Waals surface area (Å²) in [6.07, 6.45) is 71.1. The predicted octanol–water partition coefficient (Wildman–Crippen LogP) is 17.5. The molecule has 0 saturated carbocycles. The molecule has 0 aromatic rings. The van der Waals surface area contributed by atoms with Crippen molar-refractivity contribution in [2.75, 3.05) is 13.2 Å². The Balaban J connectivity index is 4.20. The van der Waals surface area contributed by atoms with Gasteiger partial charge in [0.05, 0.1) is 0 Å². The number of carbonyl (C=O) groups excluding carboxylic acids is 3. The van der Waals surface area contributed by atoms with Crippen molar-refractivity contribution in [2.24, 2.45) is 0 Å². The van der Waals surface area contributed by atoms with Crippen LogP contribution in [0.1, 0.15) is 226 Å². The van der Waals surface area contributed by atoms with Crippen molar-refractivity contribution in [3.05, 3.63) is 109 Å². The van der Waals surface area contributed by atoms with Crippen molar-refractivity contribution in [1.82, 2.24) is 0 Å². The van der Waals surface area contributed by atoms with Crippen LogP contribution in [0.3, 0.4) is 0 Å². The smallest absolute Gasteiger partial charge is 0.306 e. The van der Waals surface area contributed by atoms with Gasteiger partial charge >= 0.3 is 17.9 Å². The van der Waals surface area contributed by atoms with E-state index in [-0.39, 0.29) is 31.1 Å². The Labute approximate surface area is 400 Å². The Kier molecular flexibility index (Phi) is 49.5. The van der Waals surface area contributed by atoms with E-state index >= 15 is 0 Å². The number of ether oxygens (including phenoxy) is 3. The average molecular weight is 901 g/mol. The van der Waals surface area contributed by atoms with Crippen molar-refractivity contribution in [3.8, 4) is 0 Å². The Bertz CT molecular complexity index is 1360. The molecule has 6 nitrogen and oxygen atoms in total. The summed E-state index contributed by atoms with van der Waals surface area (Å²) in [4.78, 5) is 37.7. The lowest BCUT2D eigenvalue weighted by Gasteiger charge is -2.18. The fraction of sp³-hybridized carbons (Fsp3) is 0.644. The standard InChI is InChI=1S/C59H96O6/c1-4-7-10-13-15-17-19-21-23-24-25-26-27-28-29-30-31-32-33-34-36-37-39-41-43-46-49-52-58(61)64-55-56(54-63-57(60)51-48-45-12-9-6-3)65-59(62)53-50-47-44-42-40-38-35-22-20-18-16-14-11-8-5-2/h7,10,15-18,21-23,25-26,28-29,31-32,34-36,56H,4-6,8-9,11-14,19-20,24,27,30,33,37-55H2,1-3H3/b10-7-,17-15-,18-16-,23-21-,26-25-,29-28-,32-31-,35-22-,36-34-. The highest BCUT2D eigenvalue weighted by molar-refractivity contribution is 5.71. The molecule has 0 N–H and O–H groups in total. The largest absolute Gasteiger partial charge is 0.462 e. The van der Waals surface area contributed by atoms with E-state index in [4.69, 9.17) is 14.2 Å². The van der Waals surface area contributed by atoms with Crippen LogP contribution in [-0.2, 0) is 28.6 Å². The second kappa shape index (κ2) is 52.7. The molecule has 0 aromatic carbocycles. The van der Waals surface area contributed by atoms with Crippen LogP contribution in [0.4, 0.5) is 0 Å². The molecule has 0 radical (unpaired) electrons. The van der Waals surface area contributed by atoms with E-state index in [9.17, 15) is 14.4 Å². The van der Waals surface area contributed by atoms with E-state index in [1.165, 1.54) is 25.7 Å². The van der Waals surface area contributed by atoms with Crippen molar-refractivity contribution in [2.45, 2.75) is 232 Å². The fourth-order valence-electron chi connectivity index (χ4n) is 6.80. The van der Waals surface area contributed by atoms with Crippen molar-refractivity contribution in [1.29, 1.82) is 0 Å². The number of rotatable bonds is 46. The monoisotopic (exact) mass is 901 g/mol. The third-order valence-corrected chi connectivity index (χ3v) is 10.8. The van der Waals surface area contributed by atoms with Gasteiger partial charge in [-0.15, -0.1) is 0 Å². The summed E-state index contributed by atoms with van der Waals surface area (Å²) in [5.74, 6) is -0.946. The first-order valence-electron chi connectivity index (χ1n) is 26.4. The number of esters is 3. The van der Waals surface area contributed by atoms with E-state index in [2.05, 4.69) is 130 Å². The first kappa shape index (κ1) is 61.1. The molecule has 0 bridgehead atoms. The lowest BCUT2D eigenvalue weighted by Crippen LogP contribution is -2.30. The van der Waals surface area contributed by atoms with E-state index in [1.54, 1.807) is 0 Å². The molecular formula is C59H96O6. The number of hydrogen-bond acceptors (Lipinski definition) is 6. The number of carbonyl (C=O) groups is 3. The van der Waals surface area contributed by atoms with Crippen LogP contribution in [-0.4, -0.2) is 37.2 Å². The minimum Gasteiger partial charge on any atom is -0.462 e. The van der Waals surface area contributed by atoms with Crippen LogP contribution in [0, 0.1) is 0 Å². The van der Waals surface area contributed by atoms with Crippen LogP contribution in [0.15, 0.2) is 109 Å². The van der Waals surface area contributed by atoms with Crippen molar-refractivity contribution in [3.63, 3.8) is 0 Å². The maximum absolute atomic E-state index is 12.7. The molecule has 0 heterocycles. The Hall–Kier alpha value is -3.93. The van der Waals surface area contributed by atoms with Gasteiger partial charge in [0.2, 0.25) is 0 Å². The van der Waals surface area contributed by atoms with E-state index in [0.29, 0.717) is 19.3 Å². The van der Waals surface area contributed by atoms with E-state index in [1.807, 2.05) is 0 Å². The summed E-state index contributed by atoms with van der Waals surface area (Å²) >= 11 is 0. The topological polar surface area (TPSA) is 78.9 Å². The molecule has 368 valence electrons. The summed E-state index contributed by atoms with van der Waals surface area (Å²) in [7, 11) is 0. The van der Waals surface area contributed by atoms with Crippen LogP contribution in [0.25, 0.3) is 0 Å². The molecular weight excluding hydrogens is 805 g/mol. The molecule has 0 aromatic heterocycles. The average Bonchev–Trinajstić information content (AvgIpc) is 3.30. The molecule has 0 fully saturated rings. The molecule has 0 spiro atoms. The van der Waals surface area contributed by atoms with E-state index < -0.39 is 6.10 Å². The van der Waals surface area contributed by atoms with Gasteiger partial charge in [-0.05, 0) is 109 Å². The summed E-state index contributed by atoms with van der Waals surface area (Å²) in [5, 5.41) is 0. The van der Waals surface area contributed by atoms with Crippen molar-refractivity contribution >= 4 is 17.9 Å². The molecule has 0 amide bonds. The first-order chi connectivity index (χ1) is 32.0. The lowest BCUT2D eigenvalue weighted by molar-refractivity contribution is -0.167.